The first-order valence-electron chi connectivity index (χ1n) is 9.63. The van der Waals surface area contributed by atoms with Crippen LogP contribution in [0.3, 0.4) is 0 Å². The van der Waals surface area contributed by atoms with Crippen molar-refractivity contribution in [2.24, 2.45) is 0 Å². The molecule has 6 nitrogen and oxygen atoms in total. The van der Waals surface area contributed by atoms with Gasteiger partial charge in [0, 0.05) is 0 Å². The standard InChI is InChI=1S/C24H21N3O3/c1-16-8-10-19(11-9-16)28-15-20-12-13-22(29-20)24-27-21(14-25)23(30-24)26-17(2)18-6-4-3-5-7-18/h3-13,17,26H,15H2,1-2H3. The van der Waals surface area contributed by atoms with Crippen molar-refractivity contribution >= 4 is 5.88 Å². The van der Waals surface area contributed by atoms with Crippen molar-refractivity contribution in [3.63, 3.8) is 0 Å². The van der Waals surface area contributed by atoms with Gasteiger partial charge in [0.05, 0.1) is 6.04 Å². The monoisotopic (exact) mass is 399 g/mol. The van der Waals surface area contributed by atoms with Gasteiger partial charge in [0.15, 0.2) is 5.76 Å². The Morgan fingerprint density at radius 1 is 1.03 bits per heavy atom. The quantitative estimate of drug-likeness (QED) is 0.418. The third kappa shape index (κ3) is 4.36. The molecular formula is C24H21N3O3. The van der Waals surface area contributed by atoms with Crippen LogP contribution in [0.1, 0.15) is 35.5 Å². The normalized spacial score (nSPS) is 11.6. The summed E-state index contributed by atoms with van der Waals surface area (Å²) in [4.78, 5) is 4.26. The van der Waals surface area contributed by atoms with Gasteiger partial charge in [-0.15, -0.1) is 0 Å². The van der Waals surface area contributed by atoms with Gasteiger partial charge in [-0.2, -0.15) is 10.2 Å². The van der Waals surface area contributed by atoms with Gasteiger partial charge in [-0.05, 0) is 43.7 Å². The third-order valence-corrected chi connectivity index (χ3v) is 4.65. The Kier molecular flexibility index (Phi) is 5.53. The van der Waals surface area contributed by atoms with Gasteiger partial charge >= 0.3 is 0 Å². The maximum absolute atomic E-state index is 9.43. The van der Waals surface area contributed by atoms with Gasteiger partial charge in [-0.25, -0.2) is 0 Å². The van der Waals surface area contributed by atoms with E-state index in [9.17, 15) is 5.26 Å². The molecule has 4 aromatic rings. The summed E-state index contributed by atoms with van der Waals surface area (Å²) in [5.74, 6) is 2.40. The number of hydrogen-bond donors (Lipinski definition) is 1. The van der Waals surface area contributed by atoms with Gasteiger partial charge in [0.1, 0.15) is 24.2 Å². The highest BCUT2D eigenvalue weighted by atomic mass is 16.5. The smallest absolute Gasteiger partial charge is 0.266 e. The van der Waals surface area contributed by atoms with E-state index in [1.54, 1.807) is 12.1 Å². The van der Waals surface area contributed by atoms with Gasteiger partial charge in [0.2, 0.25) is 11.6 Å². The van der Waals surface area contributed by atoms with Crippen molar-refractivity contribution in [2.75, 3.05) is 5.32 Å². The number of ether oxygens (including phenoxy) is 1. The molecule has 6 heteroatoms. The van der Waals surface area contributed by atoms with E-state index in [0.29, 0.717) is 17.4 Å². The molecule has 0 aliphatic carbocycles. The zero-order chi connectivity index (χ0) is 20.9. The van der Waals surface area contributed by atoms with E-state index >= 15 is 0 Å². The Labute approximate surface area is 174 Å². The Hall–Kier alpha value is -3.98. The van der Waals surface area contributed by atoms with E-state index in [2.05, 4.69) is 16.4 Å². The van der Waals surface area contributed by atoms with Crippen LogP contribution in [0.5, 0.6) is 5.75 Å². The zero-order valence-electron chi connectivity index (χ0n) is 16.8. The van der Waals surface area contributed by atoms with Crippen LogP contribution in [0.25, 0.3) is 11.7 Å². The lowest BCUT2D eigenvalue weighted by molar-refractivity contribution is 0.271. The molecule has 1 unspecified atom stereocenters. The first kappa shape index (κ1) is 19.3. The largest absolute Gasteiger partial charge is 0.486 e. The Morgan fingerprint density at radius 2 is 1.80 bits per heavy atom. The number of aromatic nitrogens is 1. The molecule has 30 heavy (non-hydrogen) atoms. The molecule has 1 N–H and O–H groups in total. The fraction of sp³-hybridized carbons (Fsp3) is 0.167. The third-order valence-electron chi connectivity index (χ3n) is 4.65. The maximum atomic E-state index is 9.43. The summed E-state index contributed by atoms with van der Waals surface area (Å²) in [7, 11) is 0. The van der Waals surface area contributed by atoms with Crippen molar-refractivity contribution in [1.82, 2.24) is 4.98 Å². The van der Waals surface area contributed by atoms with Gasteiger partial charge in [0.25, 0.3) is 5.89 Å². The predicted molar refractivity (Wildman–Crippen MR) is 113 cm³/mol. The molecule has 0 aliphatic heterocycles. The predicted octanol–water partition coefficient (Wildman–Crippen LogP) is 5.87. The molecule has 150 valence electrons. The molecule has 0 saturated carbocycles. The van der Waals surface area contributed by atoms with Crippen molar-refractivity contribution < 1.29 is 13.6 Å². The number of aryl methyl sites for hydroxylation is 1. The molecule has 1 atom stereocenters. The second-order valence-electron chi connectivity index (χ2n) is 6.95. The molecule has 0 saturated heterocycles. The van der Waals surface area contributed by atoms with Gasteiger partial charge < -0.3 is 18.9 Å². The van der Waals surface area contributed by atoms with Crippen molar-refractivity contribution in [3.05, 3.63) is 89.3 Å². The summed E-state index contributed by atoms with van der Waals surface area (Å²) >= 11 is 0. The molecule has 0 fully saturated rings. The van der Waals surface area contributed by atoms with Crippen molar-refractivity contribution in [3.8, 4) is 23.5 Å². The lowest BCUT2D eigenvalue weighted by Gasteiger charge is -2.12. The molecule has 2 aromatic heterocycles. The topological polar surface area (TPSA) is 84.2 Å². The van der Waals surface area contributed by atoms with Crippen LogP contribution in [0, 0.1) is 18.3 Å². The average Bonchev–Trinajstić information content (AvgIpc) is 3.41. The van der Waals surface area contributed by atoms with E-state index in [0.717, 1.165) is 11.3 Å². The summed E-state index contributed by atoms with van der Waals surface area (Å²) in [5, 5.41) is 12.6. The summed E-state index contributed by atoms with van der Waals surface area (Å²) in [6.45, 7) is 4.30. The van der Waals surface area contributed by atoms with Crippen LogP contribution in [0.15, 0.2) is 75.6 Å². The number of nitriles is 1. The van der Waals surface area contributed by atoms with Crippen LogP contribution >= 0.6 is 0 Å². The second-order valence-corrected chi connectivity index (χ2v) is 6.95. The van der Waals surface area contributed by atoms with Crippen LogP contribution in [0.2, 0.25) is 0 Å². The molecule has 2 heterocycles. The number of benzene rings is 2. The number of nitrogens with one attached hydrogen (secondary N) is 1. The highest BCUT2D eigenvalue weighted by molar-refractivity contribution is 5.55. The van der Waals surface area contributed by atoms with Crippen molar-refractivity contribution in [2.45, 2.75) is 26.5 Å². The van der Waals surface area contributed by atoms with E-state index in [-0.39, 0.29) is 24.2 Å². The molecular weight excluding hydrogens is 378 g/mol. The number of nitrogens with zero attached hydrogens (tertiary/aromatic N) is 2. The molecule has 4 rings (SSSR count). The second kappa shape index (κ2) is 8.58. The summed E-state index contributed by atoms with van der Waals surface area (Å²) in [6.07, 6.45) is 0. The summed E-state index contributed by atoms with van der Waals surface area (Å²) in [5.41, 5.74) is 2.43. The Bertz CT molecular complexity index is 1150. The molecule has 0 radical (unpaired) electrons. The minimum absolute atomic E-state index is 0.0471. The number of rotatable bonds is 7. The van der Waals surface area contributed by atoms with Gasteiger partial charge in [-0.3, -0.25) is 0 Å². The minimum Gasteiger partial charge on any atom is -0.486 e. The molecule has 0 amide bonds. The summed E-state index contributed by atoms with van der Waals surface area (Å²) in [6, 6.07) is 23.3. The fourth-order valence-corrected chi connectivity index (χ4v) is 2.98. The fourth-order valence-electron chi connectivity index (χ4n) is 2.98. The molecule has 0 bridgehead atoms. The molecule has 0 aliphatic rings. The zero-order valence-corrected chi connectivity index (χ0v) is 16.8. The van der Waals surface area contributed by atoms with Crippen LogP contribution in [-0.4, -0.2) is 4.98 Å². The highest BCUT2D eigenvalue weighted by Crippen LogP contribution is 2.29. The molecule has 0 spiro atoms. The van der Waals surface area contributed by atoms with Crippen LogP contribution in [0.4, 0.5) is 5.88 Å². The Balaban J connectivity index is 1.47. The van der Waals surface area contributed by atoms with E-state index in [1.807, 2.05) is 68.4 Å². The van der Waals surface area contributed by atoms with E-state index in [1.165, 1.54) is 5.56 Å². The highest BCUT2D eigenvalue weighted by Gasteiger charge is 2.19. The number of oxazole rings is 1. The van der Waals surface area contributed by atoms with E-state index in [4.69, 9.17) is 13.6 Å². The number of furan rings is 1. The first-order chi connectivity index (χ1) is 14.6. The number of anilines is 1. The number of hydrogen-bond acceptors (Lipinski definition) is 6. The van der Waals surface area contributed by atoms with Crippen LogP contribution < -0.4 is 10.1 Å². The molecule has 2 aromatic carbocycles. The lowest BCUT2D eigenvalue weighted by Crippen LogP contribution is -2.06. The van der Waals surface area contributed by atoms with E-state index < -0.39 is 0 Å². The average molecular weight is 399 g/mol. The van der Waals surface area contributed by atoms with Crippen LogP contribution in [-0.2, 0) is 6.61 Å². The Morgan fingerprint density at radius 3 is 2.53 bits per heavy atom. The summed E-state index contributed by atoms with van der Waals surface area (Å²) < 4.78 is 17.3. The maximum Gasteiger partial charge on any atom is 0.266 e. The minimum atomic E-state index is -0.0471. The SMILES string of the molecule is Cc1ccc(OCc2ccc(-c3nc(C#N)c(NC(C)c4ccccc4)o3)o2)cc1. The van der Waals surface area contributed by atoms with Crippen molar-refractivity contribution in [1.29, 1.82) is 5.26 Å². The van der Waals surface area contributed by atoms with Gasteiger partial charge in [-0.1, -0.05) is 48.0 Å². The first-order valence-corrected chi connectivity index (χ1v) is 9.63. The lowest BCUT2D eigenvalue weighted by atomic mass is 10.1.